The van der Waals surface area contributed by atoms with E-state index in [2.05, 4.69) is 64.6 Å². The summed E-state index contributed by atoms with van der Waals surface area (Å²) < 4.78 is 25.0. The number of hydrogen-bond acceptors (Lipinski definition) is 24. The lowest BCUT2D eigenvalue weighted by molar-refractivity contribution is 0.0230. The van der Waals surface area contributed by atoms with E-state index in [9.17, 15) is 29.1 Å². The number of unbranched alkanes of at least 4 members (excludes halogenated alkanes) is 2. The number of esters is 3. The highest BCUT2D eigenvalue weighted by Gasteiger charge is 2.28. The van der Waals surface area contributed by atoms with Crippen LogP contribution in [0.15, 0.2) is 147 Å². The molecule has 0 atom stereocenters. The molecule has 26 nitrogen and oxygen atoms in total. The van der Waals surface area contributed by atoms with Gasteiger partial charge in [0.1, 0.15) is 11.2 Å². The Morgan fingerprint density at radius 3 is 1.05 bits per heavy atom. The number of halogens is 3. The average Bonchev–Trinajstić information content (AvgIpc) is 0.842. The lowest BCUT2D eigenvalue weighted by Crippen LogP contribution is -2.50. The van der Waals surface area contributed by atoms with E-state index in [-0.39, 0.29) is 43.1 Å². The Balaban J connectivity index is 0.000000211. The number of ether oxygens (including phenoxy) is 5. The number of nitrogens with two attached hydrogens (primary N) is 1. The summed E-state index contributed by atoms with van der Waals surface area (Å²) in [6, 6.07) is 28.6. The number of rotatable bonds is 15. The molecule has 3 saturated heterocycles. The van der Waals surface area contributed by atoms with E-state index in [4.69, 9.17) is 47.9 Å². The summed E-state index contributed by atoms with van der Waals surface area (Å²) in [5.74, 6) is 2.68. The van der Waals surface area contributed by atoms with Gasteiger partial charge in [0.05, 0.1) is 117 Å². The molecule has 0 bridgehead atoms. The van der Waals surface area contributed by atoms with Crippen LogP contribution < -0.4 is 25.8 Å². The van der Waals surface area contributed by atoms with Crippen molar-refractivity contribution in [2.24, 2.45) is 0 Å². The van der Waals surface area contributed by atoms with Crippen molar-refractivity contribution < 1.29 is 52.8 Å². The number of anilines is 4. The van der Waals surface area contributed by atoms with Crippen LogP contribution in [0.3, 0.4) is 0 Å². The lowest BCUT2D eigenvalue weighted by Gasteiger charge is -2.36. The zero-order chi connectivity index (χ0) is 73.6. The summed E-state index contributed by atoms with van der Waals surface area (Å²) in [6.45, 7) is 20.2. The van der Waals surface area contributed by atoms with Gasteiger partial charge in [0.25, 0.3) is 0 Å². The minimum atomic E-state index is -0.497. The number of aliphatic hydroxyl groups excluding tert-OH is 1. The van der Waals surface area contributed by atoms with Crippen LogP contribution in [0, 0.1) is 0 Å². The van der Waals surface area contributed by atoms with Crippen molar-refractivity contribution in [3.05, 3.63) is 169 Å². The molecule has 0 radical (unpaired) electrons. The van der Waals surface area contributed by atoms with Gasteiger partial charge in [0, 0.05) is 113 Å². The first-order valence-electron chi connectivity index (χ1n) is 33.4. The van der Waals surface area contributed by atoms with Crippen LogP contribution in [-0.2, 0) is 30.3 Å². The predicted molar refractivity (Wildman–Crippen MR) is 402 cm³/mol. The zero-order valence-corrected chi connectivity index (χ0v) is 62.0. The first-order valence-corrected chi connectivity index (χ1v) is 34.4. The molecule has 550 valence electrons. The summed E-state index contributed by atoms with van der Waals surface area (Å²) in [6.07, 6.45) is 16.7. The molecule has 0 saturated carbocycles. The molecule has 4 N–H and O–H groups in total. The number of benzene rings is 4. The van der Waals surface area contributed by atoms with Crippen molar-refractivity contribution in [2.75, 3.05) is 132 Å². The van der Waals surface area contributed by atoms with E-state index in [0.717, 1.165) is 95.7 Å². The van der Waals surface area contributed by atoms with Gasteiger partial charge < -0.3 is 64.3 Å². The van der Waals surface area contributed by atoms with Crippen LogP contribution in [0.5, 0.6) is 0 Å². The molecule has 4 aromatic carbocycles. The second-order valence-corrected chi connectivity index (χ2v) is 26.1. The summed E-state index contributed by atoms with van der Waals surface area (Å²) in [5.41, 5.74) is 13.3. The number of piperazine rings is 3. The Morgan fingerprint density at radius 2 is 0.748 bits per heavy atom. The number of carbonyl (C=O) groups excluding carboxylic acids is 5. The molecule has 29 heteroatoms. The first-order chi connectivity index (χ1) is 49.0. The van der Waals surface area contributed by atoms with E-state index < -0.39 is 17.2 Å². The van der Waals surface area contributed by atoms with E-state index in [1.54, 1.807) is 89.2 Å². The third-order valence-electron chi connectivity index (χ3n) is 15.4. The molecule has 3 aliphatic rings. The SMILES string of the molecule is CC(C)(C)OC(=O)N1CCN(c2cnc(-c3cccc(CO)c3)nc2)CC1.COC(=O)c1cccc(-c2ncc(N)cn2)c1.COC(=O)c1cccc(-c2ncc(N3CCN(C(=O)OC(C)(C)C)CC3)cn2)c1.COC(=O)c1cccc(-c2ncc(N3CCNCC3)cn2)c1.Cl.ClCCCCCCl. The highest BCUT2D eigenvalue weighted by molar-refractivity contribution is 6.18. The molecule has 103 heavy (non-hydrogen) atoms. The molecule has 11 rings (SSSR count). The molecule has 8 aromatic rings. The fourth-order valence-corrected chi connectivity index (χ4v) is 10.5. The molecular formula is C74H92Cl3N15O11. The summed E-state index contributed by atoms with van der Waals surface area (Å²) >= 11 is 10.8. The maximum atomic E-state index is 12.2. The van der Waals surface area contributed by atoms with Gasteiger partial charge in [-0.3, -0.25) is 0 Å². The van der Waals surface area contributed by atoms with Gasteiger partial charge in [-0.05, 0) is 102 Å². The van der Waals surface area contributed by atoms with Gasteiger partial charge in [-0.2, -0.15) is 0 Å². The topological polar surface area (TPSA) is 309 Å². The van der Waals surface area contributed by atoms with E-state index in [1.165, 1.54) is 40.1 Å². The van der Waals surface area contributed by atoms with Crippen molar-refractivity contribution in [3.63, 3.8) is 0 Å². The van der Waals surface area contributed by atoms with Gasteiger partial charge in [-0.1, -0.05) is 61.0 Å². The number of aromatic nitrogens is 8. The Hall–Kier alpha value is -9.86. The second kappa shape index (κ2) is 41.3. The minimum Gasteiger partial charge on any atom is -0.465 e. The predicted octanol–water partition coefficient (Wildman–Crippen LogP) is 11.6. The number of alkyl halides is 2. The Kier molecular flexibility index (Phi) is 32.9. The van der Waals surface area contributed by atoms with Crippen molar-refractivity contribution in [2.45, 2.75) is 78.6 Å². The van der Waals surface area contributed by atoms with Gasteiger partial charge in [0.15, 0.2) is 23.3 Å². The molecule has 2 amide bonds. The summed E-state index contributed by atoms with van der Waals surface area (Å²) in [4.78, 5) is 104. The monoisotopic (exact) mass is 1470 g/mol. The zero-order valence-electron chi connectivity index (χ0n) is 59.7. The van der Waals surface area contributed by atoms with Gasteiger partial charge >= 0.3 is 30.1 Å². The number of nitrogens with zero attached hydrogens (tertiary/aromatic N) is 13. The van der Waals surface area contributed by atoms with Crippen LogP contribution in [0.4, 0.5) is 32.3 Å². The van der Waals surface area contributed by atoms with E-state index in [0.29, 0.717) is 98.0 Å². The molecule has 3 fully saturated rings. The highest BCUT2D eigenvalue weighted by Crippen LogP contribution is 2.25. The molecule has 3 aliphatic heterocycles. The highest BCUT2D eigenvalue weighted by atomic mass is 35.5. The molecule has 7 heterocycles. The van der Waals surface area contributed by atoms with Gasteiger partial charge in [-0.25, -0.2) is 63.8 Å². The Labute approximate surface area is 618 Å². The van der Waals surface area contributed by atoms with Crippen LogP contribution >= 0.6 is 35.6 Å². The number of hydrogen-bond donors (Lipinski definition) is 3. The summed E-state index contributed by atoms with van der Waals surface area (Å²) in [7, 11) is 4.06. The first kappa shape index (κ1) is 82.1. The minimum absolute atomic E-state index is 0. The quantitative estimate of drug-likeness (QED) is 0.0372. The Morgan fingerprint density at radius 1 is 0.447 bits per heavy atom. The van der Waals surface area contributed by atoms with Gasteiger partial charge in [0.2, 0.25) is 0 Å². The fraction of sp³-hybridized carbons (Fsp3) is 0.392. The third kappa shape index (κ3) is 26.5. The molecule has 0 spiro atoms. The number of nitrogens with one attached hydrogen (secondary N) is 1. The third-order valence-corrected chi connectivity index (χ3v) is 16.0. The summed E-state index contributed by atoms with van der Waals surface area (Å²) in [5, 5.41) is 12.6. The van der Waals surface area contributed by atoms with Crippen LogP contribution in [0.1, 0.15) is 97.4 Å². The van der Waals surface area contributed by atoms with Crippen molar-refractivity contribution >= 4 is 88.5 Å². The van der Waals surface area contributed by atoms with Gasteiger partial charge in [-0.15, -0.1) is 35.6 Å². The van der Waals surface area contributed by atoms with E-state index >= 15 is 0 Å². The largest absolute Gasteiger partial charge is 0.465 e. The van der Waals surface area contributed by atoms with Crippen LogP contribution in [0.2, 0.25) is 0 Å². The number of amides is 2. The molecular weight excluding hydrogens is 1380 g/mol. The second-order valence-electron chi connectivity index (χ2n) is 25.3. The lowest BCUT2D eigenvalue weighted by atomic mass is 10.1. The molecule has 0 unspecified atom stereocenters. The number of nitrogen functional groups attached to an aromatic ring is 1. The number of methoxy groups -OCH3 is 3. The molecule has 0 aliphatic carbocycles. The van der Waals surface area contributed by atoms with Crippen molar-refractivity contribution in [3.8, 4) is 45.6 Å². The standard InChI is InChI=1S/C21H26N4O4.C20H26N4O3.C16H18N4O2.C12H11N3O2.C5H10Cl2.ClH/c1-21(2,3)29-20(27)25-10-8-24(9-11-25)17-13-22-18(23-14-17)15-6-5-7-16(12-15)19(26)28-4;1-20(2,3)27-19(26)24-9-7-23(8-10-24)17-12-21-18(22-13-17)16-6-4-5-15(11-16)14-25;1-22-16(21)13-4-2-3-12(9-13)15-18-10-14(11-19-15)20-7-5-17-6-8-20;1-17-12(16)9-4-2-3-8(5-9)11-14-6-10(13)7-15-11;6-4-2-1-3-5-7;/h5-7,12-14H,8-11H2,1-4H3;4-6,11-13,25H,7-10,14H2,1-3H3;2-4,9-11,17H,5-8H2,1H3;2-7H,13H2,1H3;1-5H2;1H. The Bertz CT molecular complexity index is 3940. The normalized spacial score (nSPS) is 13.4. The van der Waals surface area contributed by atoms with Crippen LogP contribution in [-0.4, -0.2) is 208 Å². The van der Waals surface area contributed by atoms with Crippen molar-refractivity contribution in [1.82, 2.24) is 55.0 Å². The maximum Gasteiger partial charge on any atom is 0.410 e. The fourth-order valence-electron chi connectivity index (χ4n) is 10.1. The van der Waals surface area contributed by atoms with Crippen molar-refractivity contribution in [1.29, 1.82) is 0 Å². The smallest absolute Gasteiger partial charge is 0.410 e. The van der Waals surface area contributed by atoms with E-state index in [1.807, 2.05) is 96.4 Å². The maximum absolute atomic E-state index is 12.2. The van der Waals surface area contributed by atoms with Crippen LogP contribution in [0.25, 0.3) is 45.6 Å². The average molecular weight is 1470 g/mol. The number of aliphatic hydroxyl groups is 1. The molecule has 4 aromatic heterocycles. The number of carbonyl (C=O) groups is 5.